The Morgan fingerprint density at radius 1 is 1.15 bits per heavy atom. The summed E-state index contributed by atoms with van der Waals surface area (Å²) < 4.78 is 1.08. The highest BCUT2D eigenvalue weighted by Crippen LogP contribution is 2.28. The second-order valence-corrected chi connectivity index (χ2v) is 5.88. The van der Waals surface area contributed by atoms with Crippen LogP contribution in [0.2, 0.25) is 0 Å². The first-order valence-electron chi connectivity index (χ1n) is 6.91. The van der Waals surface area contributed by atoms with Crippen LogP contribution < -0.4 is 5.32 Å². The summed E-state index contributed by atoms with van der Waals surface area (Å²) in [4.78, 5) is 0. The van der Waals surface area contributed by atoms with Gasteiger partial charge < -0.3 is 10.4 Å². The van der Waals surface area contributed by atoms with Crippen molar-refractivity contribution in [3.8, 4) is 5.75 Å². The monoisotopic (exact) mass is 333 g/mol. The zero-order chi connectivity index (χ0) is 14.5. The van der Waals surface area contributed by atoms with E-state index >= 15 is 0 Å². The summed E-state index contributed by atoms with van der Waals surface area (Å²) in [6, 6.07) is 16.2. The molecule has 0 radical (unpaired) electrons. The van der Waals surface area contributed by atoms with Crippen LogP contribution in [0.3, 0.4) is 0 Å². The van der Waals surface area contributed by atoms with Crippen molar-refractivity contribution < 1.29 is 5.11 Å². The molecular weight excluding hydrogens is 314 g/mol. The molecule has 3 heteroatoms. The second kappa shape index (κ2) is 6.91. The number of rotatable bonds is 5. The van der Waals surface area contributed by atoms with E-state index < -0.39 is 0 Å². The molecule has 0 spiro atoms. The molecule has 2 aromatic carbocycles. The first-order chi connectivity index (χ1) is 9.61. The predicted octanol–water partition coefficient (Wildman–Crippen LogP) is 4.96. The van der Waals surface area contributed by atoms with Gasteiger partial charge >= 0.3 is 0 Å². The largest absolute Gasteiger partial charge is 0.508 e. The molecule has 2 atom stereocenters. The molecule has 0 saturated carbocycles. The molecule has 2 unspecified atom stereocenters. The van der Waals surface area contributed by atoms with E-state index in [1.54, 1.807) is 6.07 Å². The molecule has 2 N–H and O–H groups in total. The summed E-state index contributed by atoms with van der Waals surface area (Å²) in [6.45, 7) is 4.27. The highest BCUT2D eigenvalue weighted by atomic mass is 79.9. The quantitative estimate of drug-likeness (QED) is 0.810. The van der Waals surface area contributed by atoms with Gasteiger partial charge in [-0.3, -0.25) is 0 Å². The summed E-state index contributed by atoms with van der Waals surface area (Å²) in [5.41, 5.74) is 2.19. The topological polar surface area (TPSA) is 32.3 Å². The Bertz CT molecular complexity index is 570. The Balaban J connectivity index is 2.16. The standard InChI is InChI=1S/C17H20BrNO/c1-3-16(15-9-4-5-10-17(15)20)19-12(2)13-7-6-8-14(18)11-13/h4-12,16,19-20H,3H2,1-2H3. The minimum Gasteiger partial charge on any atom is -0.508 e. The van der Waals surface area contributed by atoms with Gasteiger partial charge in [-0.2, -0.15) is 0 Å². The van der Waals surface area contributed by atoms with Gasteiger partial charge in [-0.05, 0) is 37.1 Å². The third-order valence-electron chi connectivity index (χ3n) is 3.52. The van der Waals surface area contributed by atoms with E-state index in [4.69, 9.17) is 0 Å². The normalized spacial score (nSPS) is 13.9. The van der Waals surface area contributed by atoms with E-state index in [2.05, 4.69) is 47.2 Å². The van der Waals surface area contributed by atoms with Gasteiger partial charge in [0.15, 0.2) is 0 Å². The molecule has 2 rings (SSSR count). The van der Waals surface area contributed by atoms with Crippen molar-refractivity contribution in [2.45, 2.75) is 32.4 Å². The Kier molecular flexibility index (Phi) is 5.21. The fraction of sp³-hybridized carbons (Fsp3) is 0.294. The first kappa shape index (κ1) is 15.1. The third kappa shape index (κ3) is 3.62. The Labute approximate surface area is 129 Å². The molecule has 0 aliphatic rings. The van der Waals surface area contributed by atoms with Gasteiger partial charge in [-0.25, -0.2) is 0 Å². The van der Waals surface area contributed by atoms with E-state index in [0.29, 0.717) is 5.75 Å². The average Bonchev–Trinajstić information content (AvgIpc) is 2.45. The molecule has 0 heterocycles. The lowest BCUT2D eigenvalue weighted by Gasteiger charge is -2.24. The van der Waals surface area contributed by atoms with Crippen molar-refractivity contribution in [2.24, 2.45) is 0 Å². The highest BCUT2D eigenvalue weighted by Gasteiger charge is 2.16. The van der Waals surface area contributed by atoms with Gasteiger partial charge in [0.25, 0.3) is 0 Å². The summed E-state index contributed by atoms with van der Waals surface area (Å²) in [7, 11) is 0. The molecule has 0 bridgehead atoms. The average molecular weight is 334 g/mol. The summed E-state index contributed by atoms with van der Waals surface area (Å²) in [5, 5.41) is 13.6. The van der Waals surface area contributed by atoms with E-state index in [-0.39, 0.29) is 12.1 Å². The number of phenolic OH excluding ortho intramolecular Hbond substituents is 1. The second-order valence-electron chi connectivity index (χ2n) is 4.96. The number of benzene rings is 2. The molecule has 0 amide bonds. The van der Waals surface area contributed by atoms with Crippen molar-refractivity contribution in [1.29, 1.82) is 0 Å². The minimum atomic E-state index is 0.144. The number of para-hydroxylation sites is 1. The number of hydrogen-bond acceptors (Lipinski definition) is 2. The van der Waals surface area contributed by atoms with Crippen LogP contribution in [0.1, 0.15) is 43.5 Å². The fourth-order valence-electron chi connectivity index (χ4n) is 2.38. The highest BCUT2D eigenvalue weighted by molar-refractivity contribution is 9.10. The number of nitrogens with one attached hydrogen (secondary N) is 1. The van der Waals surface area contributed by atoms with E-state index in [1.807, 2.05) is 30.3 Å². The summed E-state index contributed by atoms with van der Waals surface area (Å²) in [5.74, 6) is 0.355. The van der Waals surface area contributed by atoms with Crippen molar-refractivity contribution in [1.82, 2.24) is 5.32 Å². The fourth-order valence-corrected chi connectivity index (χ4v) is 2.80. The number of hydrogen-bond donors (Lipinski definition) is 2. The lowest BCUT2D eigenvalue weighted by molar-refractivity contribution is 0.419. The van der Waals surface area contributed by atoms with Crippen molar-refractivity contribution in [3.05, 3.63) is 64.1 Å². The van der Waals surface area contributed by atoms with Gasteiger partial charge in [-0.15, -0.1) is 0 Å². The zero-order valence-electron chi connectivity index (χ0n) is 11.8. The number of halogens is 1. The van der Waals surface area contributed by atoms with Gasteiger partial charge in [0.2, 0.25) is 0 Å². The van der Waals surface area contributed by atoms with Gasteiger partial charge in [0.05, 0.1) is 0 Å². The summed E-state index contributed by atoms with van der Waals surface area (Å²) in [6.07, 6.45) is 0.927. The van der Waals surface area contributed by atoms with Crippen molar-refractivity contribution >= 4 is 15.9 Å². The predicted molar refractivity (Wildman–Crippen MR) is 86.8 cm³/mol. The Morgan fingerprint density at radius 2 is 1.90 bits per heavy atom. The maximum atomic E-state index is 9.99. The van der Waals surface area contributed by atoms with Crippen molar-refractivity contribution in [3.63, 3.8) is 0 Å². The maximum Gasteiger partial charge on any atom is 0.120 e. The van der Waals surface area contributed by atoms with Gasteiger partial charge in [0.1, 0.15) is 5.75 Å². The SMILES string of the molecule is CCC(NC(C)c1cccc(Br)c1)c1ccccc1O. The van der Waals surface area contributed by atoms with Crippen LogP contribution in [0.5, 0.6) is 5.75 Å². The molecule has 0 aliphatic heterocycles. The smallest absolute Gasteiger partial charge is 0.120 e. The third-order valence-corrected chi connectivity index (χ3v) is 4.01. The number of aromatic hydroxyl groups is 1. The molecular formula is C17H20BrNO. The van der Waals surface area contributed by atoms with Gasteiger partial charge in [0, 0.05) is 22.1 Å². The van der Waals surface area contributed by atoms with E-state index in [0.717, 1.165) is 16.5 Å². The van der Waals surface area contributed by atoms with E-state index in [9.17, 15) is 5.11 Å². The van der Waals surface area contributed by atoms with Gasteiger partial charge in [-0.1, -0.05) is 53.2 Å². The van der Waals surface area contributed by atoms with E-state index in [1.165, 1.54) is 5.56 Å². The van der Waals surface area contributed by atoms with Crippen molar-refractivity contribution in [2.75, 3.05) is 0 Å². The molecule has 2 aromatic rings. The molecule has 0 saturated heterocycles. The lowest BCUT2D eigenvalue weighted by Crippen LogP contribution is -2.24. The molecule has 0 aliphatic carbocycles. The molecule has 20 heavy (non-hydrogen) atoms. The van der Waals surface area contributed by atoms with Crippen LogP contribution in [0.25, 0.3) is 0 Å². The van der Waals surface area contributed by atoms with Crippen LogP contribution >= 0.6 is 15.9 Å². The lowest BCUT2D eigenvalue weighted by atomic mass is 10.0. The van der Waals surface area contributed by atoms with Crippen LogP contribution in [-0.2, 0) is 0 Å². The Morgan fingerprint density at radius 3 is 2.55 bits per heavy atom. The van der Waals surface area contributed by atoms with Crippen LogP contribution in [0.4, 0.5) is 0 Å². The van der Waals surface area contributed by atoms with Crippen LogP contribution in [0, 0.1) is 0 Å². The maximum absolute atomic E-state index is 9.99. The zero-order valence-corrected chi connectivity index (χ0v) is 13.4. The Hall–Kier alpha value is -1.32. The molecule has 0 fully saturated rings. The number of phenols is 1. The van der Waals surface area contributed by atoms with Crippen LogP contribution in [-0.4, -0.2) is 5.11 Å². The molecule has 2 nitrogen and oxygen atoms in total. The summed E-state index contributed by atoms with van der Waals surface area (Å²) >= 11 is 3.50. The molecule has 0 aromatic heterocycles. The molecule has 106 valence electrons. The van der Waals surface area contributed by atoms with Crippen LogP contribution in [0.15, 0.2) is 53.0 Å². The minimum absolute atomic E-state index is 0.144. The first-order valence-corrected chi connectivity index (χ1v) is 7.70.